The summed E-state index contributed by atoms with van der Waals surface area (Å²) in [5, 5.41) is 8.01. The zero-order valence-electron chi connectivity index (χ0n) is 11.3. The van der Waals surface area contributed by atoms with E-state index < -0.39 is 15.6 Å². The van der Waals surface area contributed by atoms with E-state index in [9.17, 15) is 8.42 Å². The number of amidine groups is 1. The summed E-state index contributed by atoms with van der Waals surface area (Å²) in [5.74, 6) is 0.0460. The Labute approximate surface area is 111 Å². The van der Waals surface area contributed by atoms with Gasteiger partial charge in [-0.05, 0) is 20.8 Å². The summed E-state index contributed by atoms with van der Waals surface area (Å²) in [6.07, 6.45) is 0.422. The minimum Gasteiger partial charge on any atom is -0.268 e. The Hall–Kier alpha value is -1.48. The van der Waals surface area contributed by atoms with Gasteiger partial charge >= 0.3 is 0 Å². The van der Waals surface area contributed by atoms with Crippen LogP contribution in [0, 0.1) is 6.92 Å². The molecule has 0 radical (unpaired) electrons. The summed E-state index contributed by atoms with van der Waals surface area (Å²) < 4.78 is 27.7. The first-order chi connectivity index (χ1) is 8.67. The number of hydrogen-bond donors (Lipinski definition) is 1. The molecular formula is C10H17N5O3S. The van der Waals surface area contributed by atoms with Crippen molar-refractivity contribution in [1.82, 2.24) is 20.5 Å². The molecule has 106 valence electrons. The molecule has 2 heterocycles. The molecule has 0 spiro atoms. The largest absolute Gasteiger partial charge is 0.268 e. The van der Waals surface area contributed by atoms with Crippen LogP contribution in [0.4, 0.5) is 0 Å². The number of hydrogen-bond acceptors (Lipinski definition) is 5. The van der Waals surface area contributed by atoms with Crippen molar-refractivity contribution in [2.24, 2.45) is 11.4 Å². The van der Waals surface area contributed by atoms with Gasteiger partial charge in [-0.1, -0.05) is 0 Å². The van der Waals surface area contributed by atoms with Crippen molar-refractivity contribution in [1.29, 1.82) is 0 Å². The van der Waals surface area contributed by atoms with Gasteiger partial charge in [-0.15, -0.1) is 4.40 Å². The first kappa shape index (κ1) is 13.9. The van der Waals surface area contributed by atoms with Crippen molar-refractivity contribution < 1.29 is 13.3 Å². The number of nitrogens with zero attached hydrogens (tertiary/aromatic N) is 4. The highest BCUT2D eigenvalue weighted by Crippen LogP contribution is 2.20. The number of hydroxylamine groups is 1. The molecule has 0 unspecified atom stereocenters. The van der Waals surface area contributed by atoms with Gasteiger partial charge in [0.05, 0.1) is 11.3 Å². The van der Waals surface area contributed by atoms with Crippen LogP contribution < -0.4 is 5.48 Å². The summed E-state index contributed by atoms with van der Waals surface area (Å²) in [4.78, 5) is 6.54. The standard InChI is InChI=1S/C10H17N5O3S/c1-7-8(12-15(4)11-7)6-19(16,17)14-9-5-10(2,3)18-13-9/h5-6H2,1-4H3,(H,13,14). The normalized spacial score (nSPS) is 20.7. The van der Waals surface area contributed by atoms with Gasteiger partial charge < -0.3 is 0 Å². The Balaban J connectivity index is 2.16. The number of aryl methyl sites for hydroxylation is 2. The zero-order valence-corrected chi connectivity index (χ0v) is 12.2. The quantitative estimate of drug-likeness (QED) is 0.843. The number of nitrogens with one attached hydrogen (secondary N) is 1. The first-order valence-electron chi connectivity index (χ1n) is 5.79. The molecule has 1 saturated heterocycles. The van der Waals surface area contributed by atoms with E-state index in [1.54, 1.807) is 14.0 Å². The van der Waals surface area contributed by atoms with Crippen LogP contribution in [-0.4, -0.2) is 34.8 Å². The van der Waals surface area contributed by atoms with E-state index in [4.69, 9.17) is 4.84 Å². The predicted molar refractivity (Wildman–Crippen MR) is 68.7 cm³/mol. The lowest BCUT2D eigenvalue weighted by Crippen LogP contribution is -2.19. The molecule has 1 aromatic rings. The van der Waals surface area contributed by atoms with Gasteiger partial charge in [0, 0.05) is 13.5 Å². The third-order valence-corrected chi connectivity index (χ3v) is 3.72. The zero-order chi connectivity index (χ0) is 14.3. The van der Waals surface area contributed by atoms with Crippen LogP contribution in [0.25, 0.3) is 0 Å². The molecule has 0 atom stereocenters. The smallest absolute Gasteiger partial charge is 0.260 e. The second kappa shape index (κ2) is 4.57. The molecule has 1 aromatic heterocycles. The van der Waals surface area contributed by atoms with Crippen molar-refractivity contribution >= 4 is 15.9 Å². The molecule has 2 rings (SSSR count). The van der Waals surface area contributed by atoms with E-state index in [1.165, 1.54) is 4.80 Å². The van der Waals surface area contributed by atoms with Crippen molar-refractivity contribution in [3.63, 3.8) is 0 Å². The molecule has 8 nitrogen and oxygen atoms in total. The van der Waals surface area contributed by atoms with Gasteiger partial charge in [-0.25, -0.2) is 8.42 Å². The topological polar surface area (TPSA) is 98.5 Å². The third kappa shape index (κ3) is 3.51. The summed E-state index contributed by atoms with van der Waals surface area (Å²) in [6, 6.07) is 0. The number of sulfonamides is 1. The molecule has 1 aliphatic rings. The molecule has 19 heavy (non-hydrogen) atoms. The molecule has 0 amide bonds. The van der Waals surface area contributed by atoms with Crippen molar-refractivity contribution in [2.75, 3.05) is 0 Å². The third-order valence-electron chi connectivity index (χ3n) is 2.58. The molecular weight excluding hydrogens is 270 g/mol. The maximum atomic E-state index is 12.0. The maximum absolute atomic E-state index is 12.0. The maximum Gasteiger partial charge on any atom is 0.260 e. The van der Waals surface area contributed by atoms with Crippen LogP contribution >= 0.6 is 0 Å². The fourth-order valence-electron chi connectivity index (χ4n) is 1.77. The van der Waals surface area contributed by atoms with Gasteiger partial charge in [0.2, 0.25) is 0 Å². The lowest BCUT2D eigenvalue weighted by Gasteiger charge is -2.11. The highest BCUT2D eigenvalue weighted by molar-refractivity contribution is 7.89. The van der Waals surface area contributed by atoms with E-state index in [2.05, 4.69) is 20.1 Å². The second-order valence-corrected chi connectivity index (χ2v) is 6.76. The Kier molecular flexibility index (Phi) is 3.35. The van der Waals surface area contributed by atoms with Crippen LogP contribution in [0.2, 0.25) is 0 Å². The van der Waals surface area contributed by atoms with Crippen molar-refractivity contribution in [3.8, 4) is 0 Å². The highest BCUT2D eigenvalue weighted by atomic mass is 32.2. The molecule has 0 bridgehead atoms. The number of rotatable bonds is 3. The fraction of sp³-hybridized carbons (Fsp3) is 0.700. The van der Waals surface area contributed by atoms with E-state index in [-0.39, 0.29) is 5.75 Å². The van der Waals surface area contributed by atoms with Crippen LogP contribution in [0.5, 0.6) is 0 Å². The van der Waals surface area contributed by atoms with E-state index in [0.29, 0.717) is 23.6 Å². The first-order valence-corrected chi connectivity index (χ1v) is 7.40. The summed E-state index contributed by atoms with van der Waals surface area (Å²) >= 11 is 0. The van der Waals surface area contributed by atoms with Crippen LogP contribution in [0.1, 0.15) is 31.7 Å². The molecule has 0 saturated carbocycles. The van der Waals surface area contributed by atoms with Crippen molar-refractivity contribution in [2.45, 2.75) is 38.5 Å². The molecule has 0 aromatic carbocycles. The van der Waals surface area contributed by atoms with Crippen molar-refractivity contribution in [3.05, 3.63) is 11.4 Å². The minimum atomic E-state index is -3.65. The van der Waals surface area contributed by atoms with E-state index in [1.807, 2.05) is 13.8 Å². The van der Waals surface area contributed by atoms with E-state index in [0.717, 1.165) is 0 Å². The van der Waals surface area contributed by atoms with E-state index >= 15 is 0 Å². The van der Waals surface area contributed by atoms with Crippen LogP contribution in [0.3, 0.4) is 0 Å². The van der Waals surface area contributed by atoms with Gasteiger partial charge in [-0.2, -0.15) is 15.0 Å². The lowest BCUT2D eigenvalue weighted by molar-refractivity contribution is -0.0200. The molecule has 1 fully saturated rings. The van der Waals surface area contributed by atoms with Gasteiger partial charge in [0.15, 0.2) is 0 Å². The Bertz CT molecular complexity index is 617. The minimum absolute atomic E-state index is 0.266. The van der Waals surface area contributed by atoms with Gasteiger partial charge in [0.1, 0.15) is 17.3 Å². The average molecular weight is 287 g/mol. The summed E-state index contributed by atoms with van der Waals surface area (Å²) in [7, 11) is -2.01. The summed E-state index contributed by atoms with van der Waals surface area (Å²) in [5.41, 5.74) is 3.08. The SMILES string of the molecule is Cc1nn(C)nc1CS(=O)(=O)N=C1CC(C)(C)ON1. The molecule has 1 aliphatic heterocycles. The average Bonchev–Trinajstić information content (AvgIpc) is 2.69. The Morgan fingerprint density at radius 3 is 2.63 bits per heavy atom. The molecule has 9 heteroatoms. The van der Waals surface area contributed by atoms with Crippen LogP contribution in [0.15, 0.2) is 4.40 Å². The Morgan fingerprint density at radius 2 is 2.16 bits per heavy atom. The second-order valence-electron chi connectivity index (χ2n) is 5.13. The Morgan fingerprint density at radius 1 is 1.47 bits per heavy atom. The number of aromatic nitrogens is 3. The lowest BCUT2D eigenvalue weighted by atomic mass is 10.1. The predicted octanol–water partition coefficient (Wildman–Crippen LogP) is 0.0553. The monoisotopic (exact) mass is 287 g/mol. The summed E-state index contributed by atoms with van der Waals surface area (Å²) in [6.45, 7) is 5.41. The van der Waals surface area contributed by atoms with Crippen LogP contribution in [-0.2, 0) is 27.7 Å². The highest BCUT2D eigenvalue weighted by Gasteiger charge is 2.30. The molecule has 0 aliphatic carbocycles. The van der Waals surface area contributed by atoms with Gasteiger partial charge in [0.25, 0.3) is 10.0 Å². The molecule has 1 N–H and O–H groups in total. The fourth-order valence-corrected chi connectivity index (χ4v) is 2.89. The van der Waals surface area contributed by atoms with Gasteiger partial charge in [-0.3, -0.25) is 10.3 Å².